The summed E-state index contributed by atoms with van der Waals surface area (Å²) in [7, 11) is 0. The van der Waals surface area contributed by atoms with Crippen molar-refractivity contribution in [2.45, 2.75) is 0 Å². The summed E-state index contributed by atoms with van der Waals surface area (Å²) in [6.07, 6.45) is 1.93. The number of thiophene rings is 1. The van der Waals surface area contributed by atoms with Gasteiger partial charge in [-0.3, -0.25) is 0 Å². The summed E-state index contributed by atoms with van der Waals surface area (Å²) >= 11 is 1.74. The zero-order chi connectivity index (χ0) is 12.7. The zero-order valence-corrected chi connectivity index (χ0v) is 13.7. The molecule has 0 spiro atoms. The van der Waals surface area contributed by atoms with Crippen molar-refractivity contribution < 1.29 is 20.1 Å². The minimum absolute atomic E-state index is 0. The molecule has 20 heavy (non-hydrogen) atoms. The van der Waals surface area contributed by atoms with Crippen LogP contribution in [-0.4, -0.2) is 4.98 Å². The molecule has 0 aliphatic carbocycles. The number of nitrogens with zero attached hydrogens (tertiary/aromatic N) is 1. The molecule has 3 heteroatoms. The van der Waals surface area contributed by atoms with E-state index in [1.807, 2.05) is 18.3 Å². The van der Waals surface area contributed by atoms with Gasteiger partial charge < -0.3 is 4.98 Å². The van der Waals surface area contributed by atoms with Gasteiger partial charge in [0.1, 0.15) is 0 Å². The van der Waals surface area contributed by atoms with Crippen LogP contribution in [0, 0.1) is 6.07 Å². The van der Waals surface area contributed by atoms with Gasteiger partial charge in [0.15, 0.2) is 0 Å². The summed E-state index contributed by atoms with van der Waals surface area (Å²) in [5, 5.41) is 3.56. The fourth-order valence-corrected chi connectivity index (χ4v) is 3.21. The maximum absolute atomic E-state index is 4.55. The molecule has 0 N–H and O–H groups in total. The first-order valence-electron chi connectivity index (χ1n) is 6.16. The van der Waals surface area contributed by atoms with E-state index in [1.165, 1.54) is 15.5 Å². The van der Waals surface area contributed by atoms with Gasteiger partial charge in [-0.25, -0.2) is 11.3 Å². The summed E-state index contributed by atoms with van der Waals surface area (Å²) in [5.74, 6) is 0. The Morgan fingerprint density at radius 2 is 1.65 bits per heavy atom. The van der Waals surface area contributed by atoms with Gasteiger partial charge in [0, 0.05) is 32.0 Å². The molecule has 0 bridgehead atoms. The molecule has 0 aliphatic heterocycles. The molecule has 2 aromatic heterocycles. The number of rotatable bonds is 1. The van der Waals surface area contributed by atoms with Crippen molar-refractivity contribution in [2.75, 3.05) is 0 Å². The zero-order valence-electron chi connectivity index (χ0n) is 10.5. The van der Waals surface area contributed by atoms with Gasteiger partial charge in [-0.2, -0.15) is 0 Å². The van der Waals surface area contributed by atoms with E-state index >= 15 is 0 Å². The molecule has 4 rings (SSSR count). The Labute approximate surface area is 134 Å². The van der Waals surface area contributed by atoms with Crippen molar-refractivity contribution in [2.24, 2.45) is 0 Å². The molecule has 2 aromatic carbocycles. The van der Waals surface area contributed by atoms with Crippen molar-refractivity contribution >= 4 is 32.2 Å². The number of fused-ring (bicyclic) bond motifs is 2. The standard InChI is InChI=1S/C17H10NS.Ir/c1-2-7-14-11-18-15(9-12(14)5-1)17-10-13-6-3-4-8-16(13)19-17;/h1-9,11H;/q-1;. The molecule has 0 saturated heterocycles. The SMILES string of the molecule is [Ir].[c-]1c(-c2cc3ccccc3cn2)sc2ccccc12. The van der Waals surface area contributed by atoms with E-state index in [9.17, 15) is 0 Å². The summed E-state index contributed by atoms with van der Waals surface area (Å²) in [5.41, 5.74) is 1.000. The van der Waals surface area contributed by atoms with E-state index in [-0.39, 0.29) is 20.1 Å². The minimum Gasteiger partial charge on any atom is -0.302 e. The van der Waals surface area contributed by atoms with Crippen LogP contribution < -0.4 is 0 Å². The van der Waals surface area contributed by atoms with E-state index in [4.69, 9.17) is 0 Å². The average Bonchev–Trinajstić information content (AvgIpc) is 2.90. The van der Waals surface area contributed by atoms with E-state index < -0.39 is 0 Å². The number of hydrogen-bond donors (Lipinski definition) is 0. The molecule has 99 valence electrons. The number of hydrogen-bond acceptors (Lipinski definition) is 2. The predicted octanol–water partition coefficient (Wildman–Crippen LogP) is 4.91. The first kappa shape index (κ1) is 13.4. The van der Waals surface area contributed by atoms with Crippen LogP contribution in [-0.2, 0) is 20.1 Å². The summed E-state index contributed by atoms with van der Waals surface area (Å²) < 4.78 is 1.26. The Balaban J connectivity index is 0.00000121. The van der Waals surface area contributed by atoms with Crippen LogP contribution in [0.25, 0.3) is 31.4 Å². The topological polar surface area (TPSA) is 12.9 Å². The van der Waals surface area contributed by atoms with Crippen LogP contribution in [0.2, 0.25) is 0 Å². The number of pyridine rings is 1. The Morgan fingerprint density at radius 1 is 0.900 bits per heavy atom. The van der Waals surface area contributed by atoms with Crippen LogP contribution in [0.1, 0.15) is 0 Å². The van der Waals surface area contributed by atoms with Crippen LogP contribution in [0.15, 0.2) is 60.8 Å². The van der Waals surface area contributed by atoms with Crippen molar-refractivity contribution in [3.8, 4) is 10.6 Å². The minimum atomic E-state index is 0. The van der Waals surface area contributed by atoms with Crippen LogP contribution in [0.3, 0.4) is 0 Å². The molecule has 2 heterocycles. The summed E-state index contributed by atoms with van der Waals surface area (Å²) in [6.45, 7) is 0. The first-order valence-corrected chi connectivity index (χ1v) is 6.98. The number of aromatic nitrogens is 1. The van der Waals surface area contributed by atoms with Gasteiger partial charge in [0.05, 0.1) is 0 Å². The fourth-order valence-electron chi connectivity index (χ4n) is 2.24. The fraction of sp³-hybridized carbons (Fsp3) is 0. The summed E-state index contributed by atoms with van der Waals surface area (Å²) in [6, 6.07) is 22.2. The predicted molar refractivity (Wildman–Crippen MR) is 81.4 cm³/mol. The van der Waals surface area contributed by atoms with E-state index in [0.29, 0.717) is 0 Å². The van der Waals surface area contributed by atoms with Crippen molar-refractivity contribution in [1.29, 1.82) is 0 Å². The second-order valence-corrected chi connectivity index (χ2v) is 5.52. The third kappa shape index (κ3) is 2.29. The normalized spacial score (nSPS) is 10.6. The molecule has 0 unspecified atom stereocenters. The Hall–Kier alpha value is -1.54. The van der Waals surface area contributed by atoms with Crippen molar-refractivity contribution in [3.05, 3.63) is 66.9 Å². The average molecular weight is 453 g/mol. The van der Waals surface area contributed by atoms with Crippen molar-refractivity contribution in [3.63, 3.8) is 0 Å². The second-order valence-electron chi connectivity index (χ2n) is 4.47. The molecule has 1 radical (unpaired) electrons. The maximum atomic E-state index is 4.55. The van der Waals surface area contributed by atoms with Crippen LogP contribution in [0.5, 0.6) is 0 Å². The third-order valence-electron chi connectivity index (χ3n) is 3.21. The van der Waals surface area contributed by atoms with Gasteiger partial charge >= 0.3 is 0 Å². The van der Waals surface area contributed by atoms with Crippen LogP contribution in [0.4, 0.5) is 0 Å². The quantitative estimate of drug-likeness (QED) is 0.374. The van der Waals surface area contributed by atoms with Gasteiger partial charge in [-0.1, -0.05) is 42.5 Å². The third-order valence-corrected chi connectivity index (χ3v) is 4.30. The van der Waals surface area contributed by atoms with Crippen LogP contribution >= 0.6 is 11.3 Å². The summed E-state index contributed by atoms with van der Waals surface area (Å²) in [4.78, 5) is 5.66. The molecule has 4 aromatic rings. The first-order chi connectivity index (χ1) is 9.40. The Kier molecular flexibility index (Phi) is 3.66. The Morgan fingerprint density at radius 3 is 2.50 bits per heavy atom. The van der Waals surface area contributed by atoms with E-state index in [2.05, 4.69) is 53.5 Å². The van der Waals surface area contributed by atoms with Gasteiger partial charge in [0.25, 0.3) is 0 Å². The van der Waals surface area contributed by atoms with E-state index in [0.717, 1.165) is 16.0 Å². The van der Waals surface area contributed by atoms with E-state index in [1.54, 1.807) is 11.3 Å². The molecular weight excluding hydrogens is 442 g/mol. The second kappa shape index (κ2) is 5.45. The molecule has 0 atom stereocenters. The Bertz CT molecular complexity index is 849. The molecule has 0 aliphatic rings. The maximum Gasteiger partial charge on any atom is 0.0240 e. The smallest absolute Gasteiger partial charge is 0.0240 e. The monoisotopic (exact) mass is 453 g/mol. The molecule has 0 amide bonds. The van der Waals surface area contributed by atoms with Crippen molar-refractivity contribution in [1.82, 2.24) is 4.98 Å². The molecule has 0 saturated carbocycles. The van der Waals surface area contributed by atoms with Gasteiger partial charge in [-0.05, 0) is 20.3 Å². The van der Waals surface area contributed by atoms with Gasteiger partial charge in [-0.15, -0.1) is 23.6 Å². The largest absolute Gasteiger partial charge is 0.302 e. The molecule has 1 nitrogen and oxygen atoms in total. The van der Waals surface area contributed by atoms with Gasteiger partial charge in [0.2, 0.25) is 0 Å². The molecule has 0 fully saturated rings. The number of benzene rings is 2. The molecular formula is C17H10IrNS-.